The average Bonchev–Trinajstić information content (AvgIpc) is 3.34. The molecule has 0 saturated carbocycles. The lowest BCUT2D eigenvalue weighted by molar-refractivity contribution is 0.414. The molecule has 0 N–H and O–H groups in total. The van der Waals surface area contributed by atoms with Gasteiger partial charge in [-0.3, -0.25) is 4.57 Å². The maximum absolute atomic E-state index is 5.41. The van der Waals surface area contributed by atoms with E-state index in [9.17, 15) is 0 Å². The molecular weight excluding hydrogens is 436 g/mol. The Morgan fingerprint density at radius 1 is 0.514 bits per heavy atom. The van der Waals surface area contributed by atoms with E-state index in [2.05, 4.69) is 28.8 Å². The van der Waals surface area contributed by atoms with Gasteiger partial charge in [0.05, 0.1) is 32.7 Å². The van der Waals surface area contributed by atoms with Crippen LogP contribution in [0.25, 0.3) is 39.6 Å². The fourth-order valence-electron chi connectivity index (χ4n) is 4.15. The molecule has 4 aromatic carbocycles. The summed E-state index contributed by atoms with van der Waals surface area (Å²) in [6.07, 6.45) is 0. The van der Waals surface area contributed by atoms with Crippen LogP contribution in [-0.2, 0) is 0 Å². The summed E-state index contributed by atoms with van der Waals surface area (Å²) in [5.41, 5.74) is 5.95. The van der Waals surface area contributed by atoms with Crippen molar-refractivity contribution in [3.63, 3.8) is 0 Å². The van der Waals surface area contributed by atoms with E-state index in [-0.39, 0.29) is 0 Å². The maximum Gasteiger partial charge on any atom is 0.145 e. The average molecular weight is 463 g/mol. The van der Waals surface area contributed by atoms with Gasteiger partial charge in [-0.25, -0.2) is 4.98 Å². The number of hydrogen-bond donors (Lipinski definition) is 0. The molecule has 0 aliphatic rings. The van der Waals surface area contributed by atoms with Gasteiger partial charge in [-0.15, -0.1) is 0 Å². The van der Waals surface area contributed by atoms with E-state index in [0.29, 0.717) is 0 Å². The van der Waals surface area contributed by atoms with Gasteiger partial charge >= 0.3 is 0 Å². The quantitative estimate of drug-likeness (QED) is 0.264. The highest BCUT2D eigenvalue weighted by Crippen LogP contribution is 2.39. The molecule has 1 aromatic heterocycles. The summed E-state index contributed by atoms with van der Waals surface area (Å²) in [7, 11) is 5.01. The zero-order valence-corrected chi connectivity index (χ0v) is 19.9. The highest BCUT2D eigenvalue weighted by Gasteiger charge is 2.22. The fraction of sp³-hybridized carbons (Fsp3) is 0.100. The molecule has 0 spiro atoms. The SMILES string of the molecule is COc1ccc(-c2nc(-c3ccc(OC)cc3)n(-c3ccc(OC)cc3)c2-c2ccccc2)cc1. The number of rotatable bonds is 7. The third-order valence-electron chi connectivity index (χ3n) is 5.97. The monoisotopic (exact) mass is 462 g/mol. The molecular formula is C30H26N2O3. The van der Waals surface area contributed by atoms with Gasteiger partial charge in [0.1, 0.15) is 23.1 Å². The van der Waals surface area contributed by atoms with Crippen molar-refractivity contribution in [2.45, 2.75) is 0 Å². The van der Waals surface area contributed by atoms with E-state index in [4.69, 9.17) is 19.2 Å². The second kappa shape index (κ2) is 9.77. The maximum atomic E-state index is 5.41. The predicted octanol–water partition coefficient (Wildman–Crippen LogP) is 6.90. The summed E-state index contributed by atoms with van der Waals surface area (Å²) >= 11 is 0. The molecule has 35 heavy (non-hydrogen) atoms. The Hall–Kier alpha value is -4.51. The van der Waals surface area contributed by atoms with Crippen molar-refractivity contribution in [2.24, 2.45) is 0 Å². The molecule has 0 radical (unpaired) electrons. The lowest BCUT2D eigenvalue weighted by atomic mass is 10.0. The minimum absolute atomic E-state index is 0.801. The first-order chi connectivity index (χ1) is 17.2. The summed E-state index contributed by atoms with van der Waals surface area (Å²) in [6.45, 7) is 0. The van der Waals surface area contributed by atoms with Gasteiger partial charge in [0.2, 0.25) is 0 Å². The van der Waals surface area contributed by atoms with Gasteiger partial charge in [-0.2, -0.15) is 0 Å². The number of aromatic nitrogens is 2. The first-order valence-electron chi connectivity index (χ1n) is 11.3. The van der Waals surface area contributed by atoms with Crippen molar-refractivity contribution >= 4 is 0 Å². The highest BCUT2D eigenvalue weighted by atomic mass is 16.5. The molecule has 0 atom stereocenters. The first kappa shape index (κ1) is 22.3. The van der Waals surface area contributed by atoms with Crippen LogP contribution < -0.4 is 14.2 Å². The van der Waals surface area contributed by atoms with Crippen LogP contribution in [0.2, 0.25) is 0 Å². The Morgan fingerprint density at radius 3 is 1.51 bits per heavy atom. The Bertz CT molecular complexity index is 1410. The highest BCUT2D eigenvalue weighted by molar-refractivity contribution is 5.84. The lowest BCUT2D eigenvalue weighted by Gasteiger charge is -2.14. The molecule has 5 aromatic rings. The minimum Gasteiger partial charge on any atom is -0.497 e. The van der Waals surface area contributed by atoms with Gasteiger partial charge < -0.3 is 14.2 Å². The van der Waals surface area contributed by atoms with Gasteiger partial charge in [0.25, 0.3) is 0 Å². The summed E-state index contributed by atoms with van der Waals surface area (Å²) in [5.74, 6) is 3.24. The Morgan fingerprint density at radius 2 is 1.00 bits per heavy atom. The van der Waals surface area contributed by atoms with Crippen molar-refractivity contribution in [1.82, 2.24) is 9.55 Å². The molecule has 174 valence electrons. The zero-order chi connectivity index (χ0) is 24.2. The number of ether oxygens (including phenoxy) is 3. The minimum atomic E-state index is 0.801. The van der Waals surface area contributed by atoms with Crippen LogP contribution in [0.5, 0.6) is 17.2 Å². The number of benzene rings is 4. The van der Waals surface area contributed by atoms with E-state index in [1.165, 1.54) is 0 Å². The topological polar surface area (TPSA) is 45.5 Å². The van der Waals surface area contributed by atoms with Crippen LogP contribution in [-0.4, -0.2) is 30.9 Å². The fourth-order valence-corrected chi connectivity index (χ4v) is 4.15. The van der Waals surface area contributed by atoms with Crippen molar-refractivity contribution in [3.05, 3.63) is 103 Å². The molecule has 5 nitrogen and oxygen atoms in total. The third kappa shape index (κ3) is 4.36. The van der Waals surface area contributed by atoms with E-state index < -0.39 is 0 Å². The van der Waals surface area contributed by atoms with E-state index >= 15 is 0 Å². The van der Waals surface area contributed by atoms with Crippen molar-refractivity contribution in [1.29, 1.82) is 0 Å². The van der Waals surface area contributed by atoms with Crippen LogP contribution in [0, 0.1) is 0 Å². The molecule has 0 bridgehead atoms. The number of methoxy groups -OCH3 is 3. The second-order valence-electron chi connectivity index (χ2n) is 7.99. The van der Waals surface area contributed by atoms with E-state index in [1.54, 1.807) is 21.3 Å². The van der Waals surface area contributed by atoms with Crippen molar-refractivity contribution in [2.75, 3.05) is 21.3 Å². The summed E-state index contributed by atoms with van der Waals surface area (Å²) < 4.78 is 18.4. The van der Waals surface area contributed by atoms with Gasteiger partial charge in [-0.05, 0) is 72.8 Å². The van der Waals surface area contributed by atoms with Gasteiger partial charge in [0, 0.05) is 22.4 Å². The Labute approximate surface area is 205 Å². The molecule has 5 rings (SSSR count). The third-order valence-corrected chi connectivity index (χ3v) is 5.97. The van der Waals surface area contributed by atoms with Crippen molar-refractivity contribution in [3.8, 4) is 56.8 Å². The van der Waals surface area contributed by atoms with Crippen LogP contribution in [0.15, 0.2) is 103 Å². The molecule has 5 heteroatoms. The van der Waals surface area contributed by atoms with Crippen LogP contribution >= 0.6 is 0 Å². The normalized spacial score (nSPS) is 10.7. The smallest absolute Gasteiger partial charge is 0.145 e. The molecule has 0 aliphatic heterocycles. The predicted molar refractivity (Wildman–Crippen MR) is 140 cm³/mol. The van der Waals surface area contributed by atoms with E-state index in [0.717, 1.165) is 56.8 Å². The van der Waals surface area contributed by atoms with Crippen LogP contribution in [0.1, 0.15) is 0 Å². The largest absolute Gasteiger partial charge is 0.497 e. The van der Waals surface area contributed by atoms with Crippen LogP contribution in [0.4, 0.5) is 0 Å². The molecule has 0 aliphatic carbocycles. The van der Waals surface area contributed by atoms with Crippen LogP contribution in [0.3, 0.4) is 0 Å². The molecule has 0 amide bonds. The molecule has 0 unspecified atom stereocenters. The van der Waals surface area contributed by atoms with Crippen molar-refractivity contribution < 1.29 is 14.2 Å². The standard InChI is InChI=1S/C30H26N2O3/c1-33-25-15-9-21(10-16-25)28-29(22-7-5-4-6-8-22)32(24-13-19-27(35-3)20-14-24)30(31-28)23-11-17-26(34-2)18-12-23/h4-20H,1-3H3. The van der Waals surface area contributed by atoms with Gasteiger partial charge in [0.15, 0.2) is 0 Å². The van der Waals surface area contributed by atoms with Gasteiger partial charge in [-0.1, -0.05) is 30.3 Å². The Kier molecular flexibility index (Phi) is 6.22. The summed E-state index contributed by atoms with van der Waals surface area (Å²) in [5, 5.41) is 0. The zero-order valence-electron chi connectivity index (χ0n) is 19.9. The number of imidazole rings is 1. The summed E-state index contributed by atoms with van der Waals surface area (Å²) in [6, 6.07) is 34.4. The Balaban J connectivity index is 1.81. The number of hydrogen-bond acceptors (Lipinski definition) is 4. The second-order valence-corrected chi connectivity index (χ2v) is 7.99. The molecule has 0 fully saturated rings. The van der Waals surface area contributed by atoms with E-state index in [1.807, 2.05) is 78.9 Å². The number of nitrogens with zero attached hydrogens (tertiary/aromatic N) is 2. The molecule has 1 heterocycles. The summed E-state index contributed by atoms with van der Waals surface area (Å²) in [4.78, 5) is 5.21. The lowest BCUT2D eigenvalue weighted by Crippen LogP contribution is -2.00. The first-order valence-corrected chi connectivity index (χ1v) is 11.3. The molecule has 0 saturated heterocycles.